The number of ketones is 1. The molecule has 1 aliphatic carbocycles. The van der Waals surface area contributed by atoms with E-state index in [2.05, 4.69) is 78.2 Å². The van der Waals surface area contributed by atoms with Gasteiger partial charge in [0.1, 0.15) is 30.3 Å². The molecule has 86 heavy (non-hydrogen) atoms. The molecule has 0 saturated heterocycles. The molecule has 0 spiro atoms. The fourth-order valence-electron chi connectivity index (χ4n) is 9.54. The first-order chi connectivity index (χ1) is 40.5. The number of hydrogen-bond donors (Lipinski definition) is 3. The van der Waals surface area contributed by atoms with Crippen LogP contribution in [-0.4, -0.2) is 71.7 Å². The summed E-state index contributed by atoms with van der Waals surface area (Å²) in [4.78, 5) is 37.3. The first kappa shape index (κ1) is 66.8. The van der Waals surface area contributed by atoms with E-state index in [4.69, 9.17) is 18.9 Å². The largest absolute Gasteiger partial charge is 0.464 e. The Morgan fingerprint density at radius 1 is 0.640 bits per heavy atom. The number of thioether (sulfide) groups is 2. The molecule has 7 rings (SSSR count). The number of para-hydroxylation sites is 2. The summed E-state index contributed by atoms with van der Waals surface area (Å²) in [5, 5.41) is 6.82. The highest BCUT2D eigenvalue weighted by atomic mass is 32.3. The molecule has 5 aromatic carbocycles. The minimum atomic E-state index is -5.99. The van der Waals surface area contributed by atoms with E-state index in [1.807, 2.05) is 45.0 Å². The average Bonchev–Trinajstić information content (AvgIpc) is 0.774. The Bertz CT molecular complexity index is 3860. The number of carbonyl (C=O) groups excluding carboxylic acids is 3. The SMILES string of the molecule is CC(C)c1cccc(C(C)C)c1N=c1ccc2c(-c3ccccc3S(=O)(=O)NS(=O)(=O)c3c(F)c(F)c(SCCOC(=O)NCCOC(=O)CCSCCC(=O)C(C)(C)C)c(F)c3F)c3ccc(Nc4c(C(C)C)cccc4C(C)C)cc3oc-2c1. The number of halogens is 4. The van der Waals surface area contributed by atoms with Crippen molar-refractivity contribution in [2.75, 3.05) is 42.3 Å². The van der Waals surface area contributed by atoms with E-state index < -0.39 is 87.8 Å². The summed E-state index contributed by atoms with van der Waals surface area (Å²) in [6, 6.07) is 28.0. The third-order valence-corrected chi connectivity index (χ3v) is 19.6. The lowest BCUT2D eigenvalue weighted by Gasteiger charge is -2.22. The number of rotatable bonds is 25. The molecule has 1 heterocycles. The number of Topliss-reactive ketones (excluding diaryl/α,β-unsaturated/α-hetero) is 1. The standard InChI is InChI=1S/C64H72F4N4O10S4/c1-36(2)42-17-14-18-43(37(3)4)59(42)70-40-22-24-46-49(34-40)82-50-35-41(71-60-44(38(5)6)19-15-20-45(60)39(7)8)23-25-47(50)54(46)48-16-12-13-21-51(48)85(76,77)72-86(78,79)62-57(67)55(65)61(56(66)58(62)68)84-33-30-81-63(75)69-28-29-80-53(74)27-32-83-31-26-52(73)64(9,10)11/h12-25,34-39,70,72H,26-33H2,1-11H3,(H,69,75). The van der Waals surface area contributed by atoms with E-state index in [9.17, 15) is 31.2 Å². The van der Waals surface area contributed by atoms with E-state index in [0.29, 0.717) is 39.9 Å². The van der Waals surface area contributed by atoms with Crippen LogP contribution in [0, 0.1) is 28.7 Å². The number of hydrogen-bond acceptors (Lipinski definition) is 14. The van der Waals surface area contributed by atoms with Crippen LogP contribution in [0.2, 0.25) is 0 Å². The Labute approximate surface area is 509 Å². The van der Waals surface area contributed by atoms with Gasteiger partial charge in [-0.05, 0) is 76.3 Å². The molecule has 0 aromatic heterocycles. The Hall–Kier alpha value is -6.72. The number of nitrogens with one attached hydrogen (secondary N) is 3. The molecule has 14 nitrogen and oxygen atoms in total. The highest BCUT2D eigenvalue weighted by Gasteiger charge is 2.37. The number of esters is 1. The van der Waals surface area contributed by atoms with E-state index in [1.54, 1.807) is 36.4 Å². The lowest BCUT2D eigenvalue weighted by Crippen LogP contribution is -2.33. The normalized spacial score (nSPS) is 12.5. The van der Waals surface area contributed by atoms with Gasteiger partial charge in [-0.2, -0.15) is 11.8 Å². The second-order valence-corrected chi connectivity index (χ2v) is 28.6. The summed E-state index contributed by atoms with van der Waals surface area (Å²) < 4.78 is 138. The second-order valence-electron chi connectivity index (χ2n) is 22.7. The molecule has 0 bridgehead atoms. The van der Waals surface area contributed by atoms with Gasteiger partial charge >= 0.3 is 12.1 Å². The van der Waals surface area contributed by atoms with Crippen molar-refractivity contribution in [2.24, 2.45) is 10.4 Å². The van der Waals surface area contributed by atoms with Gasteiger partial charge in [0, 0.05) is 74.7 Å². The lowest BCUT2D eigenvalue weighted by molar-refractivity contribution is -0.142. The molecular weight excluding hydrogens is 1190 g/mol. The zero-order valence-corrected chi connectivity index (χ0v) is 53.1. The van der Waals surface area contributed by atoms with Crippen LogP contribution in [0.5, 0.6) is 0 Å². The molecule has 5 aromatic rings. The maximum atomic E-state index is 15.9. The number of anilines is 2. The minimum Gasteiger partial charge on any atom is -0.464 e. The summed E-state index contributed by atoms with van der Waals surface area (Å²) >= 11 is 1.58. The van der Waals surface area contributed by atoms with Crippen LogP contribution in [0.15, 0.2) is 121 Å². The number of alkyl carbamates (subject to hydrolysis) is 1. The molecule has 3 N–H and O–H groups in total. The zero-order chi connectivity index (χ0) is 63.0. The van der Waals surface area contributed by atoms with E-state index >= 15 is 17.6 Å². The van der Waals surface area contributed by atoms with Gasteiger partial charge in [-0.3, -0.25) is 9.59 Å². The van der Waals surface area contributed by atoms with Crippen molar-refractivity contribution in [3.05, 3.63) is 148 Å². The van der Waals surface area contributed by atoms with Crippen molar-refractivity contribution in [3.8, 4) is 22.5 Å². The molecule has 0 unspecified atom stereocenters. The van der Waals surface area contributed by atoms with Crippen molar-refractivity contribution >= 4 is 89.4 Å². The zero-order valence-electron chi connectivity index (χ0n) is 49.9. The fraction of sp³-hybridized carbons (Fsp3) is 0.375. The third kappa shape index (κ3) is 15.9. The molecule has 0 fully saturated rings. The predicted octanol–water partition coefficient (Wildman–Crippen LogP) is 15.4. The van der Waals surface area contributed by atoms with Crippen molar-refractivity contribution in [3.63, 3.8) is 0 Å². The van der Waals surface area contributed by atoms with Crippen molar-refractivity contribution in [2.45, 2.75) is 127 Å². The number of ether oxygens (including phenoxy) is 2. The van der Waals surface area contributed by atoms with Gasteiger partial charge in [0.25, 0.3) is 20.0 Å². The Balaban J connectivity index is 1.15. The second kappa shape index (κ2) is 28.4. The monoisotopic (exact) mass is 1260 g/mol. The van der Waals surface area contributed by atoms with Gasteiger partial charge in [-0.15, -0.1) is 15.9 Å². The fourth-order valence-corrected chi connectivity index (χ4v) is 14.4. The van der Waals surface area contributed by atoms with E-state index in [1.165, 1.54) is 34.1 Å². The molecule has 1 aliphatic heterocycles. The highest BCUT2D eigenvalue weighted by molar-refractivity contribution is 8.04. The van der Waals surface area contributed by atoms with Crippen LogP contribution in [0.1, 0.15) is 135 Å². The number of carbonyl (C=O) groups is 3. The van der Waals surface area contributed by atoms with E-state index in [-0.39, 0.29) is 83.3 Å². The topological polar surface area (TPSA) is 200 Å². The van der Waals surface area contributed by atoms with Crippen LogP contribution < -0.4 is 20.1 Å². The van der Waals surface area contributed by atoms with Crippen LogP contribution >= 0.6 is 23.5 Å². The molecule has 2 aliphatic rings. The van der Waals surface area contributed by atoms with Crippen LogP contribution in [-0.2, 0) is 39.1 Å². The molecule has 1 amide bonds. The number of fused-ring (bicyclic) bond motifs is 2. The van der Waals surface area contributed by atoms with Gasteiger partial charge in [-0.1, -0.05) is 131 Å². The maximum absolute atomic E-state index is 15.9. The number of nitrogens with zero attached hydrogens (tertiary/aromatic N) is 1. The Morgan fingerprint density at radius 2 is 1.23 bits per heavy atom. The molecule has 22 heteroatoms. The summed E-state index contributed by atoms with van der Waals surface area (Å²) in [6.07, 6.45) is -0.570. The molecule has 460 valence electrons. The molecular formula is C64H72F4N4O10S4. The summed E-state index contributed by atoms with van der Waals surface area (Å²) in [5.41, 5.74) is 6.96. The number of amides is 1. The van der Waals surface area contributed by atoms with E-state index in [0.717, 1.165) is 39.7 Å². The van der Waals surface area contributed by atoms with Crippen molar-refractivity contribution in [1.29, 1.82) is 0 Å². The summed E-state index contributed by atoms with van der Waals surface area (Å²) in [5.74, 6) is -8.22. The summed E-state index contributed by atoms with van der Waals surface area (Å²) in [6.45, 7) is 21.3. The van der Waals surface area contributed by atoms with Crippen molar-refractivity contribution < 1.29 is 62.7 Å². The summed E-state index contributed by atoms with van der Waals surface area (Å²) in [7, 11) is -11.4. The van der Waals surface area contributed by atoms with Crippen LogP contribution in [0.3, 0.4) is 0 Å². The number of benzene rings is 6. The molecule has 0 atom stereocenters. The van der Waals surface area contributed by atoms with Gasteiger partial charge < -0.3 is 24.5 Å². The van der Waals surface area contributed by atoms with Crippen LogP contribution in [0.25, 0.3) is 33.4 Å². The first-order valence-corrected chi connectivity index (χ1v) is 33.2. The maximum Gasteiger partial charge on any atom is 0.407 e. The van der Waals surface area contributed by atoms with Crippen LogP contribution in [0.4, 0.5) is 39.4 Å². The average molecular weight is 1260 g/mol. The van der Waals surface area contributed by atoms with Gasteiger partial charge in [0.05, 0.1) is 33.8 Å². The predicted molar refractivity (Wildman–Crippen MR) is 332 cm³/mol. The first-order valence-electron chi connectivity index (χ1n) is 28.1. The molecule has 0 radical (unpaired) electrons. The minimum absolute atomic E-state index is 0.0704. The highest BCUT2D eigenvalue weighted by Crippen LogP contribution is 2.45. The quantitative estimate of drug-likeness (QED) is 0.0122. The Kier molecular flexibility index (Phi) is 22.1. The smallest absolute Gasteiger partial charge is 0.407 e. The number of sulfonamides is 2. The Morgan fingerprint density at radius 3 is 1.84 bits per heavy atom. The molecule has 0 saturated carbocycles. The van der Waals surface area contributed by atoms with Gasteiger partial charge in [0.2, 0.25) is 0 Å². The van der Waals surface area contributed by atoms with Gasteiger partial charge in [-0.25, -0.2) is 44.2 Å². The lowest BCUT2D eigenvalue weighted by atomic mass is 9.89. The van der Waals surface area contributed by atoms with Gasteiger partial charge in [0.15, 0.2) is 28.2 Å². The third-order valence-electron chi connectivity index (χ3n) is 14.0. The van der Waals surface area contributed by atoms with Crippen molar-refractivity contribution in [1.82, 2.24) is 9.44 Å².